The lowest BCUT2D eigenvalue weighted by Gasteiger charge is -2.21. The van der Waals surface area contributed by atoms with Crippen LogP contribution in [0.1, 0.15) is 17.9 Å². The summed E-state index contributed by atoms with van der Waals surface area (Å²) < 4.78 is 6.42. The van der Waals surface area contributed by atoms with Gasteiger partial charge in [-0.1, -0.05) is 58.4 Å². The van der Waals surface area contributed by atoms with Gasteiger partial charge in [-0.15, -0.1) is 0 Å². The van der Waals surface area contributed by atoms with Crippen LogP contribution in [0.5, 0.6) is 0 Å². The second-order valence-electron chi connectivity index (χ2n) is 7.50. The molecule has 8 heteroatoms. The molecule has 0 bridgehead atoms. The van der Waals surface area contributed by atoms with E-state index in [1.807, 2.05) is 67.6 Å². The van der Waals surface area contributed by atoms with E-state index in [-0.39, 0.29) is 12.3 Å². The number of aryl methyl sites for hydroxylation is 2. The number of hydrogen-bond acceptors (Lipinski definition) is 6. The smallest absolute Gasteiger partial charge is 0.233 e. The van der Waals surface area contributed by atoms with Crippen LogP contribution in [0.3, 0.4) is 0 Å². The second kappa shape index (κ2) is 9.13. The summed E-state index contributed by atoms with van der Waals surface area (Å²) in [5, 5.41) is 5.31. The molecule has 0 aliphatic rings. The third-order valence-corrected chi connectivity index (χ3v) is 6.48. The Kier molecular flexibility index (Phi) is 5.90. The van der Waals surface area contributed by atoms with Gasteiger partial charge in [0.2, 0.25) is 17.6 Å². The number of carbonyl (C=O) groups is 1. The zero-order chi connectivity index (χ0) is 22.8. The number of fused-ring (bicyclic) bond motifs is 1. The molecule has 3 aromatic carbocycles. The Labute approximate surface area is 199 Å². The fraction of sp³-hybridized carbons (Fsp3) is 0.120. The van der Waals surface area contributed by atoms with Crippen LogP contribution in [0.2, 0.25) is 5.02 Å². The summed E-state index contributed by atoms with van der Waals surface area (Å²) in [5.41, 5.74) is 3.48. The lowest BCUT2D eigenvalue weighted by molar-refractivity contribution is -0.118. The molecule has 0 atom stereocenters. The van der Waals surface area contributed by atoms with Crippen LogP contribution in [-0.4, -0.2) is 21.0 Å². The van der Waals surface area contributed by atoms with Crippen LogP contribution < -0.4 is 4.90 Å². The van der Waals surface area contributed by atoms with E-state index in [4.69, 9.17) is 21.1 Å². The number of carbonyl (C=O) groups excluding carboxylic acids is 1. The summed E-state index contributed by atoms with van der Waals surface area (Å²) in [6.45, 7) is 1.99. The summed E-state index contributed by atoms with van der Waals surface area (Å²) in [6.07, 6.45) is 0.527. The number of thiazole rings is 1. The minimum Gasteiger partial charge on any atom is -0.339 e. The number of hydrogen-bond donors (Lipinski definition) is 0. The highest BCUT2D eigenvalue weighted by Crippen LogP contribution is 2.35. The Morgan fingerprint density at radius 1 is 1.00 bits per heavy atom. The van der Waals surface area contributed by atoms with Crippen molar-refractivity contribution in [3.8, 4) is 11.4 Å². The summed E-state index contributed by atoms with van der Waals surface area (Å²) in [6, 6.07) is 22.9. The molecule has 164 valence electrons. The van der Waals surface area contributed by atoms with Crippen LogP contribution in [0.25, 0.3) is 21.6 Å². The second-order valence-corrected chi connectivity index (χ2v) is 8.94. The zero-order valence-corrected chi connectivity index (χ0v) is 19.3. The summed E-state index contributed by atoms with van der Waals surface area (Å²) in [5.74, 6) is 0.785. The van der Waals surface area contributed by atoms with Gasteiger partial charge in [0.1, 0.15) is 0 Å². The van der Waals surface area contributed by atoms with E-state index >= 15 is 0 Å². The predicted octanol–water partition coefficient (Wildman–Crippen LogP) is 6.61. The summed E-state index contributed by atoms with van der Waals surface area (Å²) in [4.78, 5) is 24.3. The van der Waals surface area contributed by atoms with E-state index in [1.165, 1.54) is 11.3 Å². The molecule has 0 spiro atoms. The molecule has 5 rings (SSSR count). The average Bonchev–Trinajstić information content (AvgIpc) is 3.47. The van der Waals surface area contributed by atoms with Crippen molar-refractivity contribution in [3.05, 3.63) is 89.3 Å². The third kappa shape index (κ3) is 4.51. The first kappa shape index (κ1) is 21.3. The van der Waals surface area contributed by atoms with Gasteiger partial charge in [0.25, 0.3) is 0 Å². The fourth-order valence-corrected chi connectivity index (χ4v) is 4.64. The van der Waals surface area contributed by atoms with Crippen LogP contribution in [0, 0.1) is 6.92 Å². The maximum atomic E-state index is 13.4. The molecule has 0 radical (unpaired) electrons. The highest BCUT2D eigenvalue weighted by molar-refractivity contribution is 7.22. The highest BCUT2D eigenvalue weighted by Gasteiger charge is 2.23. The van der Waals surface area contributed by atoms with Crippen molar-refractivity contribution in [1.29, 1.82) is 0 Å². The van der Waals surface area contributed by atoms with Crippen LogP contribution in [0.4, 0.5) is 10.8 Å². The molecule has 0 N–H and O–H groups in total. The first-order valence-corrected chi connectivity index (χ1v) is 11.6. The van der Waals surface area contributed by atoms with E-state index in [0.717, 1.165) is 27.0 Å². The van der Waals surface area contributed by atoms with Gasteiger partial charge in [-0.05, 0) is 55.0 Å². The van der Waals surface area contributed by atoms with E-state index < -0.39 is 0 Å². The maximum absolute atomic E-state index is 13.4. The first-order chi connectivity index (χ1) is 16.1. The molecule has 5 aromatic rings. The minimum atomic E-state index is -0.0883. The van der Waals surface area contributed by atoms with Gasteiger partial charge < -0.3 is 4.52 Å². The lowest BCUT2D eigenvalue weighted by atomic mass is 10.1. The number of halogens is 1. The van der Waals surface area contributed by atoms with Crippen molar-refractivity contribution in [1.82, 2.24) is 15.1 Å². The van der Waals surface area contributed by atoms with E-state index in [0.29, 0.717) is 28.3 Å². The van der Waals surface area contributed by atoms with Crippen molar-refractivity contribution >= 4 is 49.9 Å². The Balaban J connectivity index is 1.40. The monoisotopic (exact) mass is 474 g/mol. The zero-order valence-electron chi connectivity index (χ0n) is 17.7. The van der Waals surface area contributed by atoms with Crippen molar-refractivity contribution in [3.63, 3.8) is 0 Å². The molecule has 0 fully saturated rings. The molecule has 0 saturated heterocycles. The Morgan fingerprint density at radius 3 is 2.55 bits per heavy atom. The molecule has 6 nitrogen and oxygen atoms in total. The Morgan fingerprint density at radius 2 is 1.76 bits per heavy atom. The maximum Gasteiger partial charge on any atom is 0.233 e. The molecule has 0 unspecified atom stereocenters. The van der Waals surface area contributed by atoms with Crippen molar-refractivity contribution in [2.45, 2.75) is 19.8 Å². The van der Waals surface area contributed by atoms with E-state index in [9.17, 15) is 4.79 Å². The largest absolute Gasteiger partial charge is 0.339 e. The van der Waals surface area contributed by atoms with Gasteiger partial charge >= 0.3 is 0 Å². The molecule has 2 aromatic heterocycles. The van der Waals surface area contributed by atoms with E-state index in [1.54, 1.807) is 17.0 Å². The number of para-hydroxylation sites is 2. The van der Waals surface area contributed by atoms with Crippen LogP contribution in [-0.2, 0) is 11.2 Å². The Bertz CT molecular complexity index is 1390. The van der Waals surface area contributed by atoms with Gasteiger partial charge in [-0.2, -0.15) is 4.98 Å². The van der Waals surface area contributed by atoms with Gasteiger partial charge in [0.15, 0.2) is 5.13 Å². The van der Waals surface area contributed by atoms with Crippen molar-refractivity contribution in [2.24, 2.45) is 0 Å². The standard InChI is InChI=1S/C25H19ClN4O2S/c1-16-6-2-4-8-20(16)30(25-27-19-7-3-5-9-21(19)33-25)23(31)15-14-22-28-24(29-32-22)17-10-12-18(26)13-11-17/h2-13H,14-15H2,1H3. The molecule has 0 aliphatic heterocycles. The number of rotatable bonds is 6. The molecule has 2 heterocycles. The molecule has 33 heavy (non-hydrogen) atoms. The number of anilines is 2. The van der Waals surface area contributed by atoms with E-state index in [2.05, 4.69) is 10.1 Å². The third-order valence-electron chi connectivity index (χ3n) is 5.20. The van der Waals surface area contributed by atoms with Crippen LogP contribution in [0.15, 0.2) is 77.3 Å². The van der Waals surface area contributed by atoms with Crippen LogP contribution >= 0.6 is 22.9 Å². The number of amides is 1. The number of benzene rings is 3. The quantitative estimate of drug-likeness (QED) is 0.277. The normalized spacial score (nSPS) is 11.1. The number of aromatic nitrogens is 3. The fourth-order valence-electron chi connectivity index (χ4n) is 3.51. The molecular formula is C25H19ClN4O2S. The van der Waals surface area contributed by atoms with Gasteiger partial charge in [0, 0.05) is 23.4 Å². The predicted molar refractivity (Wildman–Crippen MR) is 131 cm³/mol. The van der Waals surface area contributed by atoms with Gasteiger partial charge in [-0.25, -0.2) is 4.98 Å². The molecule has 1 amide bonds. The van der Waals surface area contributed by atoms with Gasteiger partial charge in [0.05, 0.1) is 15.9 Å². The first-order valence-electron chi connectivity index (χ1n) is 10.4. The minimum absolute atomic E-state index is 0.0883. The molecule has 0 saturated carbocycles. The van der Waals surface area contributed by atoms with Crippen molar-refractivity contribution in [2.75, 3.05) is 4.90 Å². The van der Waals surface area contributed by atoms with Gasteiger partial charge in [-0.3, -0.25) is 9.69 Å². The molecular weight excluding hydrogens is 456 g/mol. The highest BCUT2D eigenvalue weighted by atomic mass is 35.5. The Hall–Kier alpha value is -3.55. The molecule has 0 aliphatic carbocycles. The summed E-state index contributed by atoms with van der Waals surface area (Å²) in [7, 11) is 0. The lowest BCUT2D eigenvalue weighted by Crippen LogP contribution is -2.26. The van der Waals surface area contributed by atoms with Crippen molar-refractivity contribution < 1.29 is 9.32 Å². The summed E-state index contributed by atoms with van der Waals surface area (Å²) >= 11 is 7.44. The topological polar surface area (TPSA) is 72.1 Å². The SMILES string of the molecule is Cc1ccccc1N(C(=O)CCc1nc(-c2ccc(Cl)cc2)no1)c1nc2ccccc2s1. The average molecular weight is 475 g/mol. The number of nitrogens with zero attached hydrogens (tertiary/aromatic N) is 4.